The normalized spacial score (nSPS) is 11.4. The molecule has 2 rings (SSSR count). The van der Waals surface area contributed by atoms with Crippen molar-refractivity contribution in [3.63, 3.8) is 0 Å². The zero-order valence-electron chi connectivity index (χ0n) is 15.9. The van der Waals surface area contributed by atoms with E-state index in [9.17, 15) is 19.7 Å². The summed E-state index contributed by atoms with van der Waals surface area (Å²) in [6.07, 6.45) is -1.13. The number of nitrogens with one attached hydrogen (secondary N) is 1. The Hall–Kier alpha value is -3.42. The number of nitro groups is 1. The summed E-state index contributed by atoms with van der Waals surface area (Å²) in [6.45, 7) is 5.36. The first kappa shape index (κ1) is 20.9. The van der Waals surface area contributed by atoms with Gasteiger partial charge in [0, 0.05) is 6.07 Å². The summed E-state index contributed by atoms with van der Waals surface area (Å²) < 4.78 is 10.7. The zero-order chi connectivity index (χ0) is 20.7. The molecule has 1 amide bonds. The minimum Gasteiger partial charge on any atom is -0.493 e. The van der Waals surface area contributed by atoms with Gasteiger partial charge in [0.15, 0.2) is 6.10 Å². The van der Waals surface area contributed by atoms with E-state index in [0.717, 1.165) is 11.1 Å². The topological polar surface area (TPSA) is 108 Å². The lowest BCUT2D eigenvalue weighted by Crippen LogP contribution is -2.30. The fourth-order valence-electron chi connectivity index (χ4n) is 2.39. The lowest BCUT2D eigenvalue weighted by Gasteiger charge is -2.14. The van der Waals surface area contributed by atoms with Crippen molar-refractivity contribution >= 4 is 23.3 Å². The van der Waals surface area contributed by atoms with Gasteiger partial charge in [0.25, 0.3) is 11.6 Å². The van der Waals surface area contributed by atoms with Gasteiger partial charge in [-0.1, -0.05) is 24.3 Å². The molecule has 1 atom stereocenters. The number of ether oxygens (including phenoxy) is 2. The number of para-hydroxylation sites is 2. The first-order valence-corrected chi connectivity index (χ1v) is 8.71. The van der Waals surface area contributed by atoms with Gasteiger partial charge in [0.2, 0.25) is 0 Å². The van der Waals surface area contributed by atoms with Crippen molar-refractivity contribution in [3.8, 4) is 5.75 Å². The molecule has 0 saturated carbocycles. The molecule has 0 aliphatic rings. The highest BCUT2D eigenvalue weighted by Gasteiger charge is 2.21. The number of rotatable bonds is 8. The number of nitro benzene ring substituents is 1. The highest BCUT2D eigenvalue weighted by molar-refractivity contribution is 5.96. The first-order chi connectivity index (χ1) is 13.3. The van der Waals surface area contributed by atoms with Gasteiger partial charge in [-0.05, 0) is 44.0 Å². The molecule has 8 heteroatoms. The number of benzene rings is 2. The van der Waals surface area contributed by atoms with Gasteiger partial charge >= 0.3 is 5.97 Å². The fourth-order valence-corrected chi connectivity index (χ4v) is 2.39. The van der Waals surface area contributed by atoms with E-state index >= 15 is 0 Å². The molecule has 0 saturated heterocycles. The van der Waals surface area contributed by atoms with Gasteiger partial charge in [-0.2, -0.15) is 0 Å². The van der Waals surface area contributed by atoms with E-state index in [-0.39, 0.29) is 24.4 Å². The Morgan fingerprint density at radius 1 is 1.18 bits per heavy atom. The number of hydrogen-bond acceptors (Lipinski definition) is 6. The highest BCUT2D eigenvalue weighted by Crippen LogP contribution is 2.23. The van der Waals surface area contributed by atoms with Crippen LogP contribution in [0.1, 0.15) is 24.5 Å². The maximum atomic E-state index is 12.2. The molecule has 0 bridgehead atoms. The second-order valence-corrected chi connectivity index (χ2v) is 6.26. The maximum absolute atomic E-state index is 12.2. The summed E-state index contributed by atoms with van der Waals surface area (Å²) in [7, 11) is 0. The molecule has 2 aromatic carbocycles. The molecule has 148 valence electrons. The van der Waals surface area contributed by atoms with Crippen molar-refractivity contribution in [2.75, 3.05) is 11.9 Å². The van der Waals surface area contributed by atoms with Crippen molar-refractivity contribution < 1.29 is 24.0 Å². The van der Waals surface area contributed by atoms with Gasteiger partial charge in [-0.3, -0.25) is 19.7 Å². The molecular weight excluding hydrogens is 364 g/mol. The van der Waals surface area contributed by atoms with Gasteiger partial charge < -0.3 is 14.8 Å². The Labute approximate surface area is 162 Å². The number of anilines is 1. The van der Waals surface area contributed by atoms with Crippen molar-refractivity contribution in [1.29, 1.82) is 0 Å². The van der Waals surface area contributed by atoms with Crippen LogP contribution in [-0.4, -0.2) is 29.5 Å². The van der Waals surface area contributed by atoms with E-state index < -0.39 is 22.9 Å². The molecule has 8 nitrogen and oxygen atoms in total. The number of carbonyl (C=O) groups is 2. The lowest BCUT2D eigenvalue weighted by molar-refractivity contribution is -0.383. The third-order valence-electron chi connectivity index (χ3n) is 3.94. The number of carbonyl (C=O) groups excluding carboxylic acids is 2. The lowest BCUT2D eigenvalue weighted by atomic mass is 10.1. The zero-order valence-corrected chi connectivity index (χ0v) is 15.9. The molecule has 1 N–H and O–H groups in total. The summed E-state index contributed by atoms with van der Waals surface area (Å²) in [5.74, 6) is -0.566. The van der Waals surface area contributed by atoms with Crippen molar-refractivity contribution in [2.45, 2.75) is 33.3 Å². The maximum Gasteiger partial charge on any atom is 0.310 e. The molecule has 0 radical (unpaired) electrons. The van der Waals surface area contributed by atoms with Crippen LogP contribution in [0.4, 0.5) is 11.4 Å². The third kappa shape index (κ3) is 5.80. The van der Waals surface area contributed by atoms with Crippen LogP contribution in [0.25, 0.3) is 0 Å². The molecule has 0 aromatic heterocycles. The Bertz CT molecular complexity index is 881. The van der Waals surface area contributed by atoms with Crippen LogP contribution in [0.3, 0.4) is 0 Å². The number of esters is 1. The SMILES string of the molecule is Cc1ccc(C)c(OCCC(=O)O[C@@H](C)C(=O)Nc2ccccc2[N+](=O)[O-])c1. The minimum absolute atomic E-state index is 0.0313. The van der Waals surface area contributed by atoms with Crippen molar-refractivity contribution in [2.24, 2.45) is 0 Å². The van der Waals surface area contributed by atoms with E-state index in [0.29, 0.717) is 5.75 Å². The average molecular weight is 386 g/mol. The first-order valence-electron chi connectivity index (χ1n) is 8.71. The molecule has 0 fully saturated rings. The van der Waals surface area contributed by atoms with Crippen LogP contribution in [0.5, 0.6) is 5.75 Å². The van der Waals surface area contributed by atoms with Crippen LogP contribution in [0.15, 0.2) is 42.5 Å². The average Bonchev–Trinajstić information content (AvgIpc) is 2.64. The van der Waals surface area contributed by atoms with Crippen LogP contribution in [0, 0.1) is 24.0 Å². The minimum atomic E-state index is -1.10. The summed E-state index contributed by atoms with van der Waals surface area (Å²) in [6, 6.07) is 11.5. The predicted molar refractivity (Wildman–Crippen MR) is 103 cm³/mol. The third-order valence-corrected chi connectivity index (χ3v) is 3.94. The van der Waals surface area contributed by atoms with Gasteiger partial charge in [-0.15, -0.1) is 0 Å². The van der Waals surface area contributed by atoms with Crippen molar-refractivity contribution in [1.82, 2.24) is 0 Å². The van der Waals surface area contributed by atoms with Gasteiger partial charge in [0.05, 0.1) is 18.0 Å². The number of aryl methyl sites for hydroxylation is 2. The molecule has 0 heterocycles. The molecular formula is C20H22N2O6. The Balaban J connectivity index is 1.84. The summed E-state index contributed by atoms with van der Waals surface area (Å²) >= 11 is 0. The number of nitrogens with zero attached hydrogens (tertiary/aromatic N) is 1. The quantitative estimate of drug-likeness (QED) is 0.422. The summed E-state index contributed by atoms with van der Waals surface area (Å²) in [5, 5.41) is 13.4. The summed E-state index contributed by atoms with van der Waals surface area (Å²) in [5.41, 5.74) is 1.80. The van der Waals surface area contributed by atoms with Crippen LogP contribution < -0.4 is 10.1 Å². The van der Waals surface area contributed by atoms with Gasteiger partial charge in [0.1, 0.15) is 11.4 Å². The van der Waals surface area contributed by atoms with E-state index in [4.69, 9.17) is 9.47 Å². The second-order valence-electron chi connectivity index (χ2n) is 6.26. The molecule has 2 aromatic rings. The molecule has 0 spiro atoms. The standard InChI is InChI=1S/C20H22N2O6/c1-13-8-9-14(2)18(12-13)27-11-10-19(23)28-15(3)20(24)21-16-6-4-5-7-17(16)22(25)26/h4-9,12,15H,10-11H2,1-3H3,(H,21,24)/t15-/m0/s1. The van der Waals surface area contributed by atoms with E-state index in [1.165, 1.54) is 25.1 Å². The Kier molecular flexibility index (Phi) is 7.08. The summed E-state index contributed by atoms with van der Waals surface area (Å²) in [4.78, 5) is 34.5. The molecule has 28 heavy (non-hydrogen) atoms. The van der Waals surface area contributed by atoms with E-state index in [2.05, 4.69) is 5.32 Å². The smallest absolute Gasteiger partial charge is 0.310 e. The predicted octanol–water partition coefficient (Wildman–Crippen LogP) is 3.55. The molecule has 0 aliphatic heterocycles. The molecule has 0 aliphatic carbocycles. The Morgan fingerprint density at radius 2 is 1.89 bits per heavy atom. The fraction of sp³-hybridized carbons (Fsp3) is 0.300. The van der Waals surface area contributed by atoms with Crippen molar-refractivity contribution in [3.05, 3.63) is 63.7 Å². The second kappa shape index (κ2) is 9.50. The van der Waals surface area contributed by atoms with E-state index in [1.807, 2.05) is 32.0 Å². The molecule has 0 unspecified atom stereocenters. The largest absolute Gasteiger partial charge is 0.493 e. The van der Waals surface area contributed by atoms with Crippen LogP contribution >= 0.6 is 0 Å². The number of hydrogen-bond donors (Lipinski definition) is 1. The van der Waals surface area contributed by atoms with Crippen LogP contribution in [0.2, 0.25) is 0 Å². The number of amides is 1. The van der Waals surface area contributed by atoms with E-state index in [1.54, 1.807) is 6.07 Å². The highest BCUT2D eigenvalue weighted by atomic mass is 16.6. The van der Waals surface area contributed by atoms with Crippen LogP contribution in [-0.2, 0) is 14.3 Å². The monoisotopic (exact) mass is 386 g/mol. The van der Waals surface area contributed by atoms with Gasteiger partial charge in [-0.25, -0.2) is 0 Å². The Morgan fingerprint density at radius 3 is 2.61 bits per heavy atom.